The van der Waals surface area contributed by atoms with E-state index in [1.807, 2.05) is 36.4 Å². The molecular formula is C16H17N3OS. The highest BCUT2D eigenvalue weighted by Gasteiger charge is 2.13. The van der Waals surface area contributed by atoms with Gasteiger partial charge in [-0.3, -0.25) is 4.79 Å². The van der Waals surface area contributed by atoms with E-state index < -0.39 is 0 Å². The Labute approximate surface area is 128 Å². The number of nitriles is 1. The summed E-state index contributed by atoms with van der Waals surface area (Å²) in [5.41, 5.74) is 0.943. The zero-order valence-electron chi connectivity index (χ0n) is 11.9. The second-order valence-electron chi connectivity index (χ2n) is 4.63. The number of nitrogens with one attached hydrogen (secondary N) is 1. The number of aromatic nitrogens is 2. The third-order valence-corrected chi connectivity index (χ3v) is 4.00. The number of H-pyrrole nitrogens is 1. The summed E-state index contributed by atoms with van der Waals surface area (Å²) in [4.78, 5) is 19.2. The van der Waals surface area contributed by atoms with Crippen molar-refractivity contribution in [3.8, 4) is 17.3 Å². The smallest absolute Gasteiger partial charge is 0.270 e. The van der Waals surface area contributed by atoms with Crippen molar-refractivity contribution in [1.29, 1.82) is 5.26 Å². The van der Waals surface area contributed by atoms with Crippen LogP contribution in [0.25, 0.3) is 11.3 Å². The van der Waals surface area contributed by atoms with Gasteiger partial charge >= 0.3 is 0 Å². The molecule has 0 aliphatic carbocycles. The van der Waals surface area contributed by atoms with Crippen molar-refractivity contribution in [1.82, 2.24) is 9.97 Å². The van der Waals surface area contributed by atoms with E-state index >= 15 is 0 Å². The predicted octanol–water partition coefficient (Wildman–Crippen LogP) is 3.59. The summed E-state index contributed by atoms with van der Waals surface area (Å²) in [7, 11) is 0. The molecule has 0 atom stereocenters. The Morgan fingerprint density at radius 1 is 1.29 bits per heavy atom. The van der Waals surface area contributed by atoms with E-state index in [4.69, 9.17) is 0 Å². The van der Waals surface area contributed by atoms with Crippen molar-refractivity contribution < 1.29 is 0 Å². The van der Waals surface area contributed by atoms with Gasteiger partial charge in [0.25, 0.3) is 5.56 Å². The van der Waals surface area contributed by atoms with Gasteiger partial charge in [-0.25, -0.2) is 4.98 Å². The van der Waals surface area contributed by atoms with Crippen LogP contribution < -0.4 is 5.56 Å². The number of hydrogen-bond acceptors (Lipinski definition) is 4. The van der Waals surface area contributed by atoms with Gasteiger partial charge < -0.3 is 4.98 Å². The topological polar surface area (TPSA) is 69.5 Å². The summed E-state index contributed by atoms with van der Waals surface area (Å²) in [6, 6.07) is 11.3. The molecule has 0 spiro atoms. The summed E-state index contributed by atoms with van der Waals surface area (Å²) < 4.78 is 0. The van der Waals surface area contributed by atoms with Crippen molar-refractivity contribution >= 4 is 11.8 Å². The molecule has 2 rings (SSSR count). The molecule has 0 aliphatic rings. The van der Waals surface area contributed by atoms with Crippen LogP contribution in [0.4, 0.5) is 0 Å². The molecule has 21 heavy (non-hydrogen) atoms. The fourth-order valence-electron chi connectivity index (χ4n) is 1.95. The van der Waals surface area contributed by atoms with Crippen LogP contribution in [0, 0.1) is 11.3 Å². The lowest BCUT2D eigenvalue weighted by atomic mass is 10.1. The minimum atomic E-state index is -0.371. The van der Waals surface area contributed by atoms with Gasteiger partial charge in [-0.15, -0.1) is 0 Å². The maximum Gasteiger partial charge on any atom is 0.270 e. The van der Waals surface area contributed by atoms with Crippen molar-refractivity contribution in [2.45, 2.75) is 31.3 Å². The van der Waals surface area contributed by atoms with Crippen LogP contribution in [0.5, 0.6) is 0 Å². The summed E-state index contributed by atoms with van der Waals surface area (Å²) in [5, 5.41) is 9.76. The lowest BCUT2D eigenvalue weighted by Gasteiger charge is -2.06. The van der Waals surface area contributed by atoms with Crippen molar-refractivity contribution in [2.75, 3.05) is 5.75 Å². The fourth-order valence-corrected chi connectivity index (χ4v) is 2.81. The largest absolute Gasteiger partial charge is 0.300 e. The predicted molar refractivity (Wildman–Crippen MR) is 85.3 cm³/mol. The number of nitrogens with zero attached hydrogens (tertiary/aromatic N) is 2. The van der Waals surface area contributed by atoms with Crippen LogP contribution in [-0.2, 0) is 0 Å². The number of aromatic amines is 1. The molecule has 0 saturated heterocycles. The van der Waals surface area contributed by atoms with E-state index in [9.17, 15) is 10.1 Å². The molecule has 0 unspecified atom stereocenters. The van der Waals surface area contributed by atoms with Crippen LogP contribution in [0.1, 0.15) is 31.7 Å². The Morgan fingerprint density at radius 3 is 2.71 bits per heavy atom. The first-order valence-corrected chi connectivity index (χ1v) is 7.97. The Kier molecular flexibility index (Phi) is 5.59. The van der Waals surface area contributed by atoms with Crippen LogP contribution >= 0.6 is 11.8 Å². The van der Waals surface area contributed by atoms with E-state index in [0.717, 1.165) is 24.2 Å². The van der Waals surface area contributed by atoms with Crippen LogP contribution in [0.3, 0.4) is 0 Å². The second-order valence-corrected chi connectivity index (χ2v) is 5.71. The molecule has 0 aliphatic heterocycles. The standard InChI is InChI=1S/C16H17N3OS/c1-2-3-7-10-21-16-18-14(12-8-5-4-6-9-12)13(11-17)15(20)19-16/h4-6,8-9H,2-3,7,10H2,1H3,(H,18,19,20). The van der Waals surface area contributed by atoms with E-state index in [2.05, 4.69) is 16.9 Å². The van der Waals surface area contributed by atoms with Gasteiger partial charge in [0, 0.05) is 11.3 Å². The molecule has 108 valence electrons. The molecule has 1 aromatic heterocycles. The Bertz CT molecular complexity index is 689. The number of hydrogen-bond donors (Lipinski definition) is 1. The zero-order chi connectivity index (χ0) is 15.1. The van der Waals surface area contributed by atoms with Gasteiger partial charge in [0.2, 0.25) is 0 Å². The molecular weight excluding hydrogens is 282 g/mol. The first-order valence-electron chi connectivity index (χ1n) is 6.99. The quantitative estimate of drug-likeness (QED) is 0.503. The lowest BCUT2D eigenvalue weighted by molar-refractivity contribution is 0.777. The maximum absolute atomic E-state index is 12.0. The molecule has 4 nitrogen and oxygen atoms in total. The first kappa shape index (κ1) is 15.3. The number of benzene rings is 1. The van der Waals surface area contributed by atoms with Crippen LogP contribution in [0.15, 0.2) is 40.3 Å². The average molecular weight is 299 g/mol. The number of unbranched alkanes of at least 4 members (excludes halogenated alkanes) is 2. The highest BCUT2D eigenvalue weighted by atomic mass is 32.2. The molecule has 0 radical (unpaired) electrons. The number of rotatable bonds is 6. The van der Waals surface area contributed by atoms with E-state index in [0.29, 0.717) is 10.9 Å². The fraction of sp³-hybridized carbons (Fsp3) is 0.312. The summed E-state index contributed by atoms with van der Waals surface area (Å²) in [5.74, 6) is 0.914. The molecule has 0 amide bonds. The summed E-state index contributed by atoms with van der Waals surface area (Å²) in [6.07, 6.45) is 3.41. The van der Waals surface area contributed by atoms with Gasteiger partial charge in [0.1, 0.15) is 11.6 Å². The molecule has 5 heteroatoms. The third-order valence-electron chi connectivity index (χ3n) is 3.04. The number of thioether (sulfide) groups is 1. The van der Waals surface area contributed by atoms with Crippen LogP contribution in [-0.4, -0.2) is 15.7 Å². The summed E-state index contributed by atoms with van der Waals surface area (Å²) >= 11 is 1.53. The molecule has 2 aromatic rings. The highest BCUT2D eigenvalue weighted by molar-refractivity contribution is 7.99. The van der Waals surface area contributed by atoms with E-state index in [1.165, 1.54) is 18.2 Å². The zero-order valence-corrected chi connectivity index (χ0v) is 12.7. The molecule has 0 fully saturated rings. The molecule has 0 saturated carbocycles. The summed E-state index contributed by atoms with van der Waals surface area (Å²) in [6.45, 7) is 2.15. The molecule has 1 N–H and O–H groups in total. The van der Waals surface area contributed by atoms with Gasteiger partial charge in [-0.05, 0) is 6.42 Å². The lowest BCUT2D eigenvalue weighted by Crippen LogP contribution is -2.14. The monoisotopic (exact) mass is 299 g/mol. The minimum Gasteiger partial charge on any atom is -0.300 e. The van der Waals surface area contributed by atoms with Crippen molar-refractivity contribution in [3.63, 3.8) is 0 Å². The van der Waals surface area contributed by atoms with Gasteiger partial charge in [-0.1, -0.05) is 61.9 Å². The van der Waals surface area contributed by atoms with Crippen molar-refractivity contribution in [2.24, 2.45) is 0 Å². The SMILES string of the molecule is CCCCCSc1nc(-c2ccccc2)c(C#N)c(=O)[nH]1. The second kappa shape index (κ2) is 7.65. The Balaban J connectivity index is 2.33. The van der Waals surface area contributed by atoms with Gasteiger partial charge in [0.15, 0.2) is 5.16 Å². The van der Waals surface area contributed by atoms with E-state index in [-0.39, 0.29) is 11.1 Å². The molecule has 1 aromatic carbocycles. The van der Waals surface area contributed by atoms with E-state index in [1.54, 1.807) is 0 Å². The normalized spacial score (nSPS) is 10.3. The Hall–Kier alpha value is -2.06. The minimum absolute atomic E-state index is 0.0686. The van der Waals surface area contributed by atoms with Crippen LogP contribution in [0.2, 0.25) is 0 Å². The molecule has 1 heterocycles. The average Bonchev–Trinajstić information content (AvgIpc) is 2.52. The third kappa shape index (κ3) is 3.96. The van der Waals surface area contributed by atoms with Gasteiger partial charge in [0.05, 0.1) is 5.69 Å². The van der Waals surface area contributed by atoms with Gasteiger partial charge in [-0.2, -0.15) is 5.26 Å². The Morgan fingerprint density at radius 2 is 2.05 bits per heavy atom. The maximum atomic E-state index is 12.0. The highest BCUT2D eigenvalue weighted by Crippen LogP contribution is 2.22. The molecule has 0 bridgehead atoms. The van der Waals surface area contributed by atoms with Crippen molar-refractivity contribution in [3.05, 3.63) is 46.2 Å². The first-order chi connectivity index (χ1) is 10.3.